The molecule has 0 aromatic heterocycles. The Morgan fingerprint density at radius 2 is 2.00 bits per heavy atom. The Morgan fingerprint density at radius 1 is 1.33 bits per heavy atom. The molecule has 0 radical (unpaired) electrons. The number of amidine groups is 1. The van der Waals surface area contributed by atoms with Gasteiger partial charge in [-0.3, -0.25) is 4.99 Å². The first-order valence-corrected chi connectivity index (χ1v) is 4.54. The maximum atomic E-state index is 7.86. The fraction of sp³-hybridized carbons (Fsp3) is 0.273. The van der Waals surface area contributed by atoms with Crippen LogP contribution < -0.4 is 11.5 Å². The smallest absolute Gasteiger partial charge is 0.216 e. The van der Waals surface area contributed by atoms with Gasteiger partial charge in [0.05, 0.1) is 7.21 Å². The first-order valence-electron chi connectivity index (χ1n) is 5.69. The van der Waals surface area contributed by atoms with Gasteiger partial charge in [0.25, 0.3) is 0 Å². The minimum absolute atomic E-state index is 0.0711. The van der Waals surface area contributed by atoms with E-state index in [0.29, 0.717) is 0 Å². The number of nitrogens with two attached hydrogens (primary N) is 2. The van der Waals surface area contributed by atoms with Crippen LogP contribution in [0.1, 0.15) is 15.2 Å². The van der Waals surface area contributed by atoms with E-state index in [1.807, 2.05) is 18.2 Å². The van der Waals surface area contributed by atoms with Crippen LogP contribution in [0.25, 0.3) is 0 Å². The van der Waals surface area contributed by atoms with E-state index in [9.17, 15) is 0 Å². The summed E-state index contributed by atoms with van der Waals surface area (Å²) in [5.41, 5.74) is 11.5. The lowest BCUT2D eigenvalue weighted by atomic mass is 10.2. The van der Waals surface area contributed by atoms with Crippen LogP contribution in [0.15, 0.2) is 40.3 Å². The van der Waals surface area contributed by atoms with Gasteiger partial charge in [-0.25, -0.2) is 4.99 Å². The van der Waals surface area contributed by atoms with Crippen molar-refractivity contribution in [2.75, 3.05) is 6.52 Å². The highest BCUT2D eigenvalue weighted by Crippen LogP contribution is 1.99. The maximum absolute atomic E-state index is 7.86. The zero-order valence-electron chi connectivity index (χ0n) is 10.6. The number of nitrogens with zero attached hydrogens (tertiary/aromatic N) is 2. The Balaban J connectivity index is 2.78. The van der Waals surface area contributed by atoms with Gasteiger partial charge in [-0.15, -0.1) is 0 Å². The SMILES string of the molecule is [2H]C(N=C(N)N=C(C)N)C([2H])c1ccccc1. The van der Waals surface area contributed by atoms with Crippen LogP contribution in [0.3, 0.4) is 0 Å². The molecule has 1 aromatic carbocycles. The van der Waals surface area contributed by atoms with Gasteiger partial charge >= 0.3 is 0 Å². The number of aryl methyl sites for hydroxylation is 1. The van der Waals surface area contributed by atoms with Crippen LogP contribution >= 0.6 is 0 Å². The highest BCUT2D eigenvalue weighted by molar-refractivity contribution is 5.93. The Morgan fingerprint density at radius 3 is 2.60 bits per heavy atom. The first kappa shape index (κ1) is 8.47. The van der Waals surface area contributed by atoms with Crippen molar-refractivity contribution in [2.24, 2.45) is 21.5 Å². The van der Waals surface area contributed by atoms with Crippen molar-refractivity contribution in [3.63, 3.8) is 0 Å². The van der Waals surface area contributed by atoms with E-state index in [1.54, 1.807) is 19.1 Å². The zero-order chi connectivity index (χ0) is 12.8. The van der Waals surface area contributed by atoms with Crippen molar-refractivity contribution in [3.8, 4) is 0 Å². The molecule has 1 rings (SSSR count). The summed E-state index contributed by atoms with van der Waals surface area (Å²) in [7, 11) is 0. The third kappa shape index (κ3) is 4.81. The van der Waals surface area contributed by atoms with E-state index in [-0.39, 0.29) is 11.8 Å². The summed E-state index contributed by atoms with van der Waals surface area (Å²) in [6.45, 7) is 0.567. The zero-order valence-corrected chi connectivity index (χ0v) is 8.59. The van der Waals surface area contributed by atoms with Crippen molar-refractivity contribution in [1.82, 2.24) is 0 Å². The van der Waals surface area contributed by atoms with Crippen LogP contribution in [0.2, 0.25) is 0 Å². The second-order valence-electron chi connectivity index (χ2n) is 2.97. The normalized spacial score (nSPS) is 19.0. The van der Waals surface area contributed by atoms with Gasteiger partial charge in [-0.05, 0) is 18.9 Å². The molecule has 0 amide bonds. The summed E-state index contributed by atoms with van der Waals surface area (Å²) in [5, 5.41) is 0. The number of rotatable bonds is 3. The molecule has 80 valence electrons. The van der Waals surface area contributed by atoms with Crippen LogP contribution in [0.5, 0.6) is 0 Å². The molecule has 2 atom stereocenters. The molecule has 0 saturated carbocycles. The predicted octanol–water partition coefficient (Wildman–Crippen LogP) is 0.921. The fourth-order valence-corrected chi connectivity index (χ4v) is 0.973. The van der Waals surface area contributed by atoms with E-state index in [2.05, 4.69) is 9.98 Å². The maximum Gasteiger partial charge on any atom is 0.216 e. The van der Waals surface area contributed by atoms with Gasteiger partial charge < -0.3 is 11.5 Å². The number of hydrogen-bond donors (Lipinski definition) is 2. The Labute approximate surface area is 92.5 Å². The average Bonchev–Trinajstić information content (AvgIpc) is 2.28. The molecule has 15 heavy (non-hydrogen) atoms. The molecule has 0 fully saturated rings. The molecule has 4 heteroatoms. The summed E-state index contributed by atoms with van der Waals surface area (Å²) in [5.74, 6) is 0.206. The van der Waals surface area contributed by atoms with Crippen LogP contribution in [0, 0.1) is 0 Å². The van der Waals surface area contributed by atoms with Gasteiger partial charge in [0.15, 0.2) is 0 Å². The molecule has 2 unspecified atom stereocenters. The predicted molar refractivity (Wildman–Crippen MR) is 63.9 cm³/mol. The largest absolute Gasteiger partial charge is 0.387 e. The second kappa shape index (κ2) is 5.80. The lowest BCUT2D eigenvalue weighted by Crippen LogP contribution is -2.16. The molecular weight excluding hydrogens is 188 g/mol. The lowest BCUT2D eigenvalue weighted by molar-refractivity contribution is 0.962. The third-order valence-electron chi connectivity index (χ3n) is 1.56. The third-order valence-corrected chi connectivity index (χ3v) is 1.56. The number of hydrogen-bond acceptors (Lipinski definition) is 1. The molecule has 0 aliphatic heterocycles. The Kier molecular flexibility index (Phi) is 3.27. The quantitative estimate of drug-likeness (QED) is 0.570. The summed E-state index contributed by atoms with van der Waals surface area (Å²) in [6.07, 6.45) is -0.789. The van der Waals surface area contributed by atoms with Crippen LogP contribution in [-0.2, 0) is 6.40 Å². The van der Waals surface area contributed by atoms with Gasteiger partial charge in [0.1, 0.15) is 0 Å². The van der Waals surface area contributed by atoms with E-state index in [1.165, 1.54) is 0 Å². The van der Waals surface area contributed by atoms with Gasteiger partial charge in [0, 0.05) is 7.89 Å². The topological polar surface area (TPSA) is 76.8 Å². The van der Waals surface area contributed by atoms with Crippen molar-refractivity contribution >= 4 is 11.8 Å². The van der Waals surface area contributed by atoms with Gasteiger partial charge in [-0.2, -0.15) is 0 Å². The van der Waals surface area contributed by atoms with Crippen molar-refractivity contribution in [2.45, 2.75) is 13.3 Å². The number of benzene rings is 1. The molecule has 0 spiro atoms. The highest BCUT2D eigenvalue weighted by atomic mass is 15.1. The summed E-state index contributed by atoms with van der Waals surface area (Å²) in [4.78, 5) is 7.51. The standard InChI is InChI=1S/C11H16N4/c1-9(12)15-11(13)14-8-7-10-5-3-2-4-6-10/h2-6H,7-8H2,1H3,(H4,12,13,14,15)/i7D,8D. The van der Waals surface area contributed by atoms with Crippen LogP contribution in [0.4, 0.5) is 0 Å². The highest BCUT2D eigenvalue weighted by Gasteiger charge is 1.91. The second-order valence-corrected chi connectivity index (χ2v) is 2.97. The fourth-order valence-electron chi connectivity index (χ4n) is 0.973. The van der Waals surface area contributed by atoms with Gasteiger partial charge in [0.2, 0.25) is 5.96 Å². The molecule has 0 aliphatic rings. The van der Waals surface area contributed by atoms with Crippen molar-refractivity contribution < 1.29 is 2.74 Å². The average molecular weight is 206 g/mol. The molecule has 0 heterocycles. The Bertz CT molecular complexity index is 413. The van der Waals surface area contributed by atoms with Crippen molar-refractivity contribution in [1.29, 1.82) is 0 Å². The van der Waals surface area contributed by atoms with E-state index in [0.717, 1.165) is 5.56 Å². The number of aliphatic imine (C=N–C) groups is 2. The molecule has 4 nitrogen and oxygen atoms in total. The molecule has 4 N–H and O–H groups in total. The summed E-state index contributed by atoms with van der Waals surface area (Å²) >= 11 is 0. The molecule has 0 aliphatic carbocycles. The summed E-state index contributed by atoms with van der Waals surface area (Å²) in [6, 6.07) is 9.05. The Hall–Kier alpha value is -1.84. The van der Waals surface area contributed by atoms with Crippen molar-refractivity contribution in [3.05, 3.63) is 35.9 Å². The van der Waals surface area contributed by atoms with E-state index >= 15 is 0 Å². The van der Waals surface area contributed by atoms with Crippen LogP contribution in [-0.4, -0.2) is 18.3 Å². The molecule has 0 saturated heterocycles. The summed E-state index contributed by atoms with van der Waals surface area (Å²) < 4.78 is 15.6. The molecular formula is C11H16N4. The van der Waals surface area contributed by atoms with Gasteiger partial charge in [-0.1, -0.05) is 30.3 Å². The molecule has 1 aromatic rings. The minimum atomic E-state index is -1.01. The lowest BCUT2D eigenvalue weighted by Gasteiger charge is -1.97. The number of guanidine groups is 1. The monoisotopic (exact) mass is 206 g/mol. The van der Waals surface area contributed by atoms with E-state index < -0.39 is 12.9 Å². The van der Waals surface area contributed by atoms with E-state index in [4.69, 9.17) is 14.2 Å². The first-order chi connectivity index (χ1) is 8.00. The molecule has 0 bridgehead atoms. The minimum Gasteiger partial charge on any atom is -0.387 e.